The summed E-state index contributed by atoms with van der Waals surface area (Å²) in [4.78, 5) is 0. The molecule has 0 amide bonds. The maximum atomic E-state index is 6.27. The van der Waals surface area contributed by atoms with Gasteiger partial charge in [-0.2, -0.15) is 0 Å². The minimum atomic E-state index is -2.71. The third kappa shape index (κ3) is 5.64. The molecule has 3 nitrogen and oxygen atoms in total. The Bertz CT molecular complexity index is 624. The first kappa shape index (κ1) is 24.8. The van der Waals surface area contributed by atoms with Gasteiger partial charge in [-0.3, -0.25) is 0 Å². The minimum absolute atomic E-state index is 0.334. The average Bonchev–Trinajstić information content (AvgIpc) is 2.72. The van der Waals surface area contributed by atoms with Crippen molar-refractivity contribution in [3.05, 3.63) is 17.2 Å². The Hall–Kier alpha value is -0.421. The summed E-state index contributed by atoms with van der Waals surface area (Å²) in [5.41, 5.74) is 2.83. The van der Waals surface area contributed by atoms with Gasteiger partial charge in [0, 0.05) is 0 Å². The van der Waals surface area contributed by atoms with Gasteiger partial charge in [-0.05, 0) is 0 Å². The number of hydrogen-bond donors (Lipinski definition) is 1. The fraction of sp³-hybridized carbons (Fsp3) is 0.760. The van der Waals surface area contributed by atoms with E-state index < -0.39 is 18.4 Å². The van der Waals surface area contributed by atoms with Crippen LogP contribution in [0.4, 0.5) is 0 Å². The molecule has 2 atom stereocenters. The van der Waals surface area contributed by atoms with Crippen molar-refractivity contribution in [3.8, 4) is 11.5 Å². The molecule has 0 radical (unpaired) electrons. The van der Waals surface area contributed by atoms with Crippen LogP contribution < -0.4 is 18.4 Å². The zero-order valence-corrected chi connectivity index (χ0v) is 23.0. The van der Waals surface area contributed by atoms with Crippen LogP contribution in [-0.2, 0) is 6.42 Å². The Morgan fingerprint density at radius 2 is 1.48 bits per heavy atom. The topological polar surface area (TPSA) is 30.5 Å². The van der Waals surface area contributed by atoms with Crippen LogP contribution in [0.2, 0.25) is 13.3 Å². The van der Waals surface area contributed by atoms with Gasteiger partial charge < -0.3 is 0 Å². The molecular weight excluding hydrogens is 465 g/mol. The van der Waals surface area contributed by atoms with Crippen LogP contribution in [0.25, 0.3) is 0 Å². The normalized spacial score (nSPS) is 19.1. The van der Waals surface area contributed by atoms with E-state index >= 15 is 0 Å². The van der Waals surface area contributed by atoms with E-state index in [4.69, 9.17) is 9.47 Å². The third-order valence-electron chi connectivity index (χ3n) is 6.84. The summed E-state index contributed by atoms with van der Waals surface area (Å²) in [6, 6.07) is 3.21. The molecule has 0 saturated heterocycles. The maximum absolute atomic E-state index is 6.27. The van der Waals surface area contributed by atoms with Crippen LogP contribution in [0, 0.1) is 0 Å². The van der Waals surface area contributed by atoms with Gasteiger partial charge in [0.25, 0.3) is 0 Å². The number of ether oxygens (including phenoxy) is 2. The molecule has 1 aliphatic rings. The summed E-state index contributed by atoms with van der Waals surface area (Å²) in [7, 11) is 3.76. The van der Waals surface area contributed by atoms with Crippen molar-refractivity contribution in [2.24, 2.45) is 0 Å². The molecule has 29 heavy (non-hydrogen) atoms. The van der Waals surface area contributed by atoms with Gasteiger partial charge in [-0.25, -0.2) is 0 Å². The third-order valence-corrected chi connectivity index (χ3v) is 22.4. The first-order chi connectivity index (χ1) is 14.0. The molecule has 0 bridgehead atoms. The fourth-order valence-electron chi connectivity index (χ4n) is 5.41. The van der Waals surface area contributed by atoms with Crippen LogP contribution in [0.5, 0.6) is 11.5 Å². The van der Waals surface area contributed by atoms with Crippen molar-refractivity contribution >= 4 is 22.0 Å². The van der Waals surface area contributed by atoms with E-state index in [-0.39, 0.29) is 0 Å². The number of rotatable bonds is 12. The van der Waals surface area contributed by atoms with Gasteiger partial charge in [0.05, 0.1) is 0 Å². The molecule has 1 aromatic carbocycles. The van der Waals surface area contributed by atoms with E-state index in [2.05, 4.69) is 46.0 Å². The molecule has 1 aromatic rings. The van der Waals surface area contributed by atoms with Gasteiger partial charge in [0.1, 0.15) is 0 Å². The van der Waals surface area contributed by atoms with Crippen LogP contribution >= 0.6 is 0 Å². The zero-order valence-electron chi connectivity index (χ0n) is 20.1. The Kier molecular flexibility index (Phi) is 10.1. The molecule has 0 aromatic heterocycles. The molecule has 0 spiro atoms. The summed E-state index contributed by atoms with van der Waals surface area (Å²) in [5.74, 6) is 2.33. The van der Waals surface area contributed by atoms with Gasteiger partial charge >= 0.3 is 185 Å². The molecule has 0 unspecified atom stereocenters. The molecular formula is C25H45NO2Sn. The second-order valence-electron chi connectivity index (χ2n) is 9.14. The van der Waals surface area contributed by atoms with Crippen LogP contribution in [0.1, 0.15) is 90.3 Å². The monoisotopic (exact) mass is 511 g/mol. The number of fused-ring (bicyclic) bond motifs is 1. The number of hydrogen-bond acceptors (Lipinski definition) is 3. The van der Waals surface area contributed by atoms with Crippen LogP contribution in [-0.4, -0.2) is 38.6 Å². The molecule has 1 heterocycles. The fourth-order valence-corrected chi connectivity index (χ4v) is 22.6. The summed E-state index contributed by atoms with van der Waals surface area (Å²) in [6.07, 6.45) is 8.92. The zero-order chi connectivity index (χ0) is 21.4. The van der Waals surface area contributed by atoms with E-state index in [0.717, 1.165) is 12.2 Å². The van der Waals surface area contributed by atoms with Crippen LogP contribution in [0.15, 0.2) is 6.07 Å². The van der Waals surface area contributed by atoms with E-state index in [9.17, 15) is 0 Å². The summed E-state index contributed by atoms with van der Waals surface area (Å²) in [5, 5.41) is 3.76. The average molecular weight is 510 g/mol. The van der Waals surface area contributed by atoms with Gasteiger partial charge in [0.15, 0.2) is 0 Å². The van der Waals surface area contributed by atoms with E-state index in [1.807, 2.05) is 14.2 Å². The predicted octanol–water partition coefficient (Wildman–Crippen LogP) is 6.36. The second kappa shape index (κ2) is 11.8. The molecule has 2 rings (SSSR count). The molecule has 0 fully saturated rings. The standard InChI is InChI=1S/C13H18NO2.3C4H9.Sn/c1-8-5-10-6-11(15-3)7-12(16-4)13(10)9(2)14-8;3*1-3-4-2;/h6,8-9,14H,5H2,1-4H3;3*1,3-4H2,2H3;/t8-,9+;;;;/m0..../s1. The number of methoxy groups -OCH3 is 2. The molecule has 1 N–H and O–H groups in total. The second-order valence-corrected chi connectivity index (χ2v) is 22.2. The summed E-state index contributed by atoms with van der Waals surface area (Å²) < 4.78 is 18.2. The quantitative estimate of drug-likeness (QED) is 0.333. The van der Waals surface area contributed by atoms with E-state index in [1.54, 1.807) is 3.58 Å². The van der Waals surface area contributed by atoms with Gasteiger partial charge in [-0.15, -0.1) is 0 Å². The number of unbranched alkanes of at least 4 members (excludes halogenated alkanes) is 3. The van der Waals surface area contributed by atoms with Crippen molar-refractivity contribution in [1.82, 2.24) is 5.32 Å². The molecule has 4 heteroatoms. The first-order valence-corrected chi connectivity index (χ1v) is 19.5. The number of benzene rings is 1. The predicted molar refractivity (Wildman–Crippen MR) is 129 cm³/mol. The van der Waals surface area contributed by atoms with Crippen LogP contribution in [0.3, 0.4) is 0 Å². The first-order valence-electron chi connectivity index (χ1n) is 12.0. The molecule has 1 aliphatic heterocycles. The van der Waals surface area contributed by atoms with Crippen molar-refractivity contribution < 1.29 is 9.47 Å². The summed E-state index contributed by atoms with van der Waals surface area (Å²) in [6.45, 7) is 11.6. The van der Waals surface area contributed by atoms with Gasteiger partial charge in [0.2, 0.25) is 0 Å². The van der Waals surface area contributed by atoms with Crippen molar-refractivity contribution in [2.75, 3.05) is 14.2 Å². The Balaban J connectivity index is 2.74. The van der Waals surface area contributed by atoms with E-state index in [0.29, 0.717) is 12.1 Å². The SMILES string of the molecule is CCC[CH2][Sn]([CH2]CCC)([CH2]CCC)[c]1c(OC)cc2c(c1OC)[C@@H](C)N[C@@H](C)C2. The van der Waals surface area contributed by atoms with Gasteiger partial charge in [-0.1, -0.05) is 0 Å². The number of nitrogens with one attached hydrogen (secondary N) is 1. The Morgan fingerprint density at radius 3 is 1.93 bits per heavy atom. The Morgan fingerprint density at radius 1 is 0.931 bits per heavy atom. The summed E-state index contributed by atoms with van der Waals surface area (Å²) >= 11 is -2.71. The van der Waals surface area contributed by atoms with Crippen molar-refractivity contribution in [3.63, 3.8) is 0 Å². The van der Waals surface area contributed by atoms with Crippen molar-refractivity contribution in [2.45, 2.75) is 105 Å². The Labute approximate surface area is 184 Å². The molecule has 0 saturated carbocycles. The molecule has 0 aliphatic carbocycles. The molecule has 166 valence electrons. The van der Waals surface area contributed by atoms with E-state index in [1.165, 1.54) is 68.7 Å². The van der Waals surface area contributed by atoms with Crippen molar-refractivity contribution in [1.29, 1.82) is 0 Å².